The van der Waals surface area contributed by atoms with Gasteiger partial charge in [0.05, 0.1) is 19.8 Å². The number of carbonyl (C=O) groups excluding carboxylic acids is 1. The van der Waals surface area contributed by atoms with Gasteiger partial charge >= 0.3 is 0 Å². The molecule has 4 heteroatoms. The number of para-hydroxylation sites is 1. The van der Waals surface area contributed by atoms with Crippen LogP contribution in [0.15, 0.2) is 42.5 Å². The maximum Gasteiger partial charge on any atom is 0.255 e. The Morgan fingerprint density at radius 3 is 2.54 bits per heavy atom. The van der Waals surface area contributed by atoms with E-state index in [0.29, 0.717) is 12.2 Å². The lowest BCUT2D eigenvalue weighted by Crippen LogP contribution is -2.14. The van der Waals surface area contributed by atoms with E-state index in [0.717, 1.165) is 29.0 Å². The van der Waals surface area contributed by atoms with E-state index in [4.69, 9.17) is 9.47 Å². The summed E-state index contributed by atoms with van der Waals surface area (Å²) >= 11 is 0. The van der Waals surface area contributed by atoms with E-state index in [2.05, 4.69) is 12.2 Å². The maximum absolute atomic E-state index is 12.6. The monoisotopic (exact) mass is 327 g/mol. The van der Waals surface area contributed by atoms with Crippen molar-refractivity contribution >= 4 is 11.6 Å². The van der Waals surface area contributed by atoms with E-state index < -0.39 is 0 Å². The van der Waals surface area contributed by atoms with Crippen LogP contribution in [0.1, 0.15) is 42.3 Å². The number of ether oxygens (including phenoxy) is 2. The zero-order chi connectivity index (χ0) is 17.5. The van der Waals surface area contributed by atoms with Gasteiger partial charge in [-0.2, -0.15) is 0 Å². The second-order valence-electron chi connectivity index (χ2n) is 5.85. The smallest absolute Gasteiger partial charge is 0.255 e. The van der Waals surface area contributed by atoms with E-state index in [-0.39, 0.29) is 12.0 Å². The lowest BCUT2D eigenvalue weighted by molar-refractivity contribution is 0.0644. The fourth-order valence-corrected chi connectivity index (χ4v) is 2.43. The van der Waals surface area contributed by atoms with Crippen molar-refractivity contribution in [2.45, 2.75) is 39.9 Å². The van der Waals surface area contributed by atoms with Crippen molar-refractivity contribution in [1.29, 1.82) is 0 Å². The fraction of sp³-hybridized carbons (Fsp3) is 0.350. The summed E-state index contributed by atoms with van der Waals surface area (Å²) in [6.07, 6.45) is 0.982. The average Bonchev–Trinajstić information content (AvgIpc) is 2.60. The van der Waals surface area contributed by atoms with Gasteiger partial charge in [-0.05, 0) is 50.1 Å². The largest absolute Gasteiger partial charge is 0.496 e. The molecule has 0 aromatic heterocycles. The van der Waals surface area contributed by atoms with Crippen LogP contribution in [-0.4, -0.2) is 19.1 Å². The number of benzene rings is 2. The van der Waals surface area contributed by atoms with E-state index in [1.807, 2.05) is 44.2 Å². The summed E-state index contributed by atoms with van der Waals surface area (Å²) in [5.74, 6) is 0.588. The molecule has 0 saturated carbocycles. The van der Waals surface area contributed by atoms with Crippen LogP contribution in [-0.2, 0) is 17.8 Å². The molecule has 0 fully saturated rings. The van der Waals surface area contributed by atoms with Crippen LogP contribution in [0, 0.1) is 0 Å². The van der Waals surface area contributed by atoms with Gasteiger partial charge in [0.25, 0.3) is 5.91 Å². The van der Waals surface area contributed by atoms with Gasteiger partial charge in [-0.1, -0.05) is 25.1 Å². The van der Waals surface area contributed by atoms with Crippen LogP contribution in [0.25, 0.3) is 0 Å². The third-order valence-electron chi connectivity index (χ3n) is 3.76. The Balaban J connectivity index is 2.21. The fourth-order valence-electron chi connectivity index (χ4n) is 2.43. The molecule has 24 heavy (non-hydrogen) atoms. The van der Waals surface area contributed by atoms with Crippen molar-refractivity contribution in [3.8, 4) is 5.75 Å². The lowest BCUT2D eigenvalue weighted by atomic mass is 10.1. The molecule has 4 nitrogen and oxygen atoms in total. The number of aryl methyl sites for hydroxylation is 1. The van der Waals surface area contributed by atoms with Gasteiger partial charge in [0.1, 0.15) is 5.75 Å². The summed E-state index contributed by atoms with van der Waals surface area (Å²) in [5, 5.41) is 2.99. The van der Waals surface area contributed by atoms with Crippen molar-refractivity contribution in [2.24, 2.45) is 0 Å². The molecule has 0 saturated heterocycles. The summed E-state index contributed by atoms with van der Waals surface area (Å²) in [6, 6.07) is 13.2. The molecule has 0 radical (unpaired) electrons. The summed E-state index contributed by atoms with van der Waals surface area (Å²) in [7, 11) is 1.62. The zero-order valence-electron chi connectivity index (χ0n) is 14.8. The third kappa shape index (κ3) is 4.59. The number of hydrogen-bond acceptors (Lipinski definition) is 3. The van der Waals surface area contributed by atoms with E-state index in [1.165, 1.54) is 0 Å². The minimum atomic E-state index is -0.135. The van der Waals surface area contributed by atoms with Crippen LogP contribution >= 0.6 is 0 Å². The van der Waals surface area contributed by atoms with Gasteiger partial charge < -0.3 is 14.8 Å². The zero-order valence-corrected chi connectivity index (χ0v) is 14.8. The first-order valence-corrected chi connectivity index (χ1v) is 8.23. The summed E-state index contributed by atoms with van der Waals surface area (Å²) in [4.78, 5) is 12.6. The first kappa shape index (κ1) is 18.0. The third-order valence-corrected chi connectivity index (χ3v) is 3.76. The molecule has 0 aliphatic carbocycles. The molecule has 128 valence electrons. The highest BCUT2D eigenvalue weighted by Gasteiger charge is 2.12. The molecule has 0 aliphatic rings. The molecule has 1 N–H and O–H groups in total. The minimum Gasteiger partial charge on any atom is -0.496 e. The molecular weight excluding hydrogens is 302 g/mol. The lowest BCUT2D eigenvalue weighted by Gasteiger charge is -2.14. The van der Waals surface area contributed by atoms with Crippen molar-refractivity contribution in [3.63, 3.8) is 0 Å². The Hall–Kier alpha value is -2.33. The van der Waals surface area contributed by atoms with Crippen molar-refractivity contribution in [3.05, 3.63) is 59.2 Å². The molecule has 0 heterocycles. The minimum absolute atomic E-state index is 0.114. The standard InChI is InChI=1S/C20H25NO3/c1-5-15-8-6-7-9-18(15)21-20(22)16-10-11-19(23-4)17(12-16)13-24-14(2)3/h6-12,14H,5,13H2,1-4H3,(H,21,22). The predicted molar refractivity (Wildman–Crippen MR) is 96.7 cm³/mol. The van der Waals surface area contributed by atoms with Crippen LogP contribution < -0.4 is 10.1 Å². The second-order valence-corrected chi connectivity index (χ2v) is 5.85. The summed E-state index contributed by atoms with van der Waals surface area (Å²) in [5.41, 5.74) is 3.41. The Morgan fingerprint density at radius 2 is 1.88 bits per heavy atom. The van der Waals surface area contributed by atoms with E-state index in [9.17, 15) is 4.79 Å². The highest BCUT2D eigenvalue weighted by atomic mass is 16.5. The number of hydrogen-bond donors (Lipinski definition) is 1. The number of amides is 1. The SMILES string of the molecule is CCc1ccccc1NC(=O)c1ccc(OC)c(COC(C)C)c1. The molecule has 2 aromatic rings. The number of nitrogens with one attached hydrogen (secondary N) is 1. The molecular formula is C20H25NO3. The average molecular weight is 327 g/mol. The Kier molecular flexibility index (Phi) is 6.38. The predicted octanol–water partition coefficient (Wildman–Crippen LogP) is 4.43. The van der Waals surface area contributed by atoms with Gasteiger partial charge in [-0.15, -0.1) is 0 Å². The number of rotatable bonds is 7. The van der Waals surface area contributed by atoms with Gasteiger partial charge in [0.15, 0.2) is 0 Å². The number of anilines is 1. The normalized spacial score (nSPS) is 10.7. The molecule has 1 amide bonds. The van der Waals surface area contributed by atoms with Crippen LogP contribution in [0.3, 0.4) is 0 Å². The molecule has 0 unspecified atom stereocenters. The number of carbonyl (C=O) groups is 1. The summed E-state index contributed by atoms with van der Waals surface area (Å²) in [6.45, 7) is 6.43. The van der Waals surface area contributed by atoms with E-state index >= 15 is 0 Å². The number of methoxy groups -OCH3 is 1. The maximum atomic E-state index is 12.6. The van der Waals surface area contributed by atoms with Gasteiger partial charge in [0, 0.05) is 16.8 Å². The molecule has 0 atom stereocenters. The molecule has 0 spiro atoms. The van der Waals surface area contributed by atoms with Crippen LogP contribution in [0.4, 0.5) is 5.69 Å². The van der Waals surface area contributed by atoms with Crippen molar-refractivity contribution in [1.82, 2.24) is 0 Å². The molecule has 0 bridgehead atoms. The quantitative estimate of drug-likeness (QED) is 0.818. The topological polar surface area (TPSA) is 47.6 Å². The van der Waals surface area contributed by atoms with Crippen molar-refractivity contribution < 1.29 is 14.3 Å². The highest BCUT2D eigenvalue weighted by molar-refractivity contribution is 6.04. The van der Waals surface area contributed by atoms with Crippen LogP contribution in [0.5, 0.6) is 5.75 Å². The van der Waals surface area contributed by atoms with Crippen LogP contribution in [0.2, 0.25) is 0 Å². The highest BCUT2D eigenvalue weighted by Crippen LogP contribution is 2.23. The Morgan fingerprint density at radius 1 is 1.12 bits per heavy atom. The molecule has 0 aliphatic heterocycles. The van der Waals surface area contributed by atoms with Crippen molar-refractivity contribution in [2.75, 3.05) is 12.4 Å². The second kappa shape index (κ2) is 8.50. The van der Waals surface area contributed by atoms with Gasteiger partial charge in [0.2, 0.25) is 0 Å². The molecule has 2 aromatic carbocycles. The Labute approximate surface area is 143 Å². The van der Waals surface area contributed by atoms with E-state index in [1.54, 1.807) is 19.2 Å². The summed E-state index contributed by atoms with van der Waals surface area (Å²) < 4.78 is 11.0. The van der Waals surface area contributed by atoms with Gasteiger partial charge in [-0.25, -0.2) is 0 Å². The first-order chi connectivity index (χ1) is 11.5. The Bertz CT molecular complexity index is 695. The molecule has 2 rings (SSSR count). The van der Waals surface area contributed by atoms with Gasteiger partial charge in [-0.3, -0.25) is 4.79 Å². The first-order valence-electron chi connectivity index (χ1n) is 8.23.